The highest BCUT2D eigenvalue weighted by atomic mass is 32.2. The van der Waals surface area contributed by atoms with Crippen LogP contribution in [0.25, 0.3) is 0 Å². The molecule has 4 rings (SSSR count). The standard InChI is InChI=1S/C19H21NO2S/c1-14-9-10-16-5-2-3-8-19(16)20(14)23(21,22)18-12-11-15-6-4-7-17(15)13-18/h2-3,5,8,11-14H,4,6-7,9-10H2,1H3/t14-/m0/s1. The lowest BCUT2D eigenvalue weighted by Gasteiger charge is -2.36. The average Bonchev–Trinajstić information content (AvgIpc) is 3.02. The maximum absolute atomic E-state index is 13.3. The van der Waals surface area contributed by atoms with Crippen LogP contribution in [0.4, 0.5) is 5.69 Å². The number of para-hydroxylation sites is 1. The van der Waals surface area contributed by atoms with Gasteiger partial charge in [-0.15, -0.1) is 0 Å². The Hall–Kier alpha value is -1.81. The number of fused-ring (bicyclic) bond motifs is 2. The minimum absolute atomic E-state index is 0.0110. The molecule has 0 amide bonds. The van der Waals surface area contributed by atoms with Gasteiger partial charge in [0.2, 0.25) is 0 Å². The molecule has 3 nitrogen and oxygen atoms in total. The topological polar surface area (TPSA) is 37.4 Å². The van der Waals surface area contributed by atoms with Crippen LogP contribution >= 0.6 is 0 Å². The molecule has 1 heterocycles. The molecular weight excluding hydrogens is 306 g/mol. The first-order chi connectivity index (χ1) is 11.1. The van der Waals surface area contributed by atoms with Crippen LogP contribution in [0.3, 0.4) is 0 Å². The molecule has 2 aliphatic rings. The Labute approximate surface area is 138 Å². The minimum Gasteiger partial charge on any atom is -0.263 e. The number of hydrogen-bond donors (Lipinski definition) is 0. The third-order valence-corrected chi connectivity index (χ3v) is 7.01. The van der Waals surface area contributed by atoms with Gasteiger partial charge in [-0.2, -0.15) is 0 Å². The summed E-state index contributed by atoms with van der Waals surface area (Å²) < 4.78 is 28.2. The van der Waals surface area contributed by atoms with Crippen molar-refractivity contribution in [3.8, 4) is 0 Å². The molecule has 0 saturated heterocycles. The highest BCUT2D eigenvalue weighted by Gasteiger charge is 2.34. The molecule has 4 heteroatoms. The summed E-state index contributed by atoms with van der Waals surface area (Å²) in [5, 5.41) is 0. The van der Waals surface area contributed by atoms with Gasteiger partial charge in [-0.05, 0) is 73.9 Å². The van der Waals surface area contributed by atoms with E-state index in [2.05, 4.69) is 0 Å². The summed E-state index contributed by atoms with van der Waals surface area (Å²) in [5.41, 5.74) is 4.46. The Morgan fingerprint density at radius 1 is 0.957 bits per heavy atom. The Bertz CT molecular complexity index is 857. The lowest BCUT2D eigenvalue weighted by atomic mass is 9.99. The van der Waals surface area contributed by atoms with Crippen molar-refractivity contribution in [2.45, 2.75) is 50.0 Å². The Kier molecular flexibility index (Phi) is 3.45. The largest absolute Gasteiger partial charge is 0.264 e. The third kappa shape index (κ3) is 2.36. The Morgan fingerprint density at radius 3 is 2.61 bits per heavy atom. The van der Waals surface area contributed by atoms with Gasteiger partial charge in [0.1, 0.15) is 0 Å². The maximum atomic E-state index is 13.3. The predicted octanol–water partition coefficient (Wildman–Crippen LogP) is 3.71. The number of aryl methyl sites for hydroxylation is 3. The summed E-state index contributed by atoms with van der Waals surface area (Å²) in [6.07, 6.45) is 4.99. The molecule has 1 atom stereocenters. The van der Waals surface area contributed by atoms with Crippen molar-refractivity contribution in [3.05, 3.63) is 59.2 Å². The number of benzene rings is 2. The van der Waals surface area contributed by atoms with Crippen LogP contribution in [0.5, 0.6) is 0 Å². The average molecular weight is 327 g/mol. The molecule has 0 N–H and O–H groups in total. The molecule has 0 spiro atoms. The van der Waals surface area contributed by atoms with Gasteiger partial charge in [-0.1, -0.05) is 24.3 Å². The van der Waals surface area contributed by atoms with Crippen molar-refractivity contribution in [2.75, 3.05) is 4.31 Å². The fourth-order valence-electron chi connectivity index (χ4n) is 3.84. The van der Waals surface area contributed by atoms with E-state index in [1.807, 2.05) is 43.3 Å². The van der Waals surface area contributed by atoms with E-state index in [1.54, 1.807) is 10.4 Å². The summed E-state index contributed by atoms with van der Waals surface area (Å²) in [6, 6.07) is 13.5. The maximum Gasteiger partial charge on any atom is 0.264 e. The van der Waals surface area contributed by atoms with Gasteiger partial charge in [0, 0.05) is 6.04 Å². The van der Waals surface area contributed by atoms with E-state index >= 15 is 0 Å². The minimum atomic E-state index is -3.51. The molecule has 120 valence electrons. The number of sulfonamides is 1. The number of rotatable bonds is 2. The number of nitrogens with zero attached hydrogens (tertiary/aromatic N) is 1. The lowest BCUT2D eigenvalue weighted by molar-refractivity contribution is 0.563. The lowest BCUT2D eigenvalue weighted by Crippen LogP contribution is -2.42. The van der Waals surface area contributed by atoms with Crippen LogP contribution in [-0.4, -0.2) is 14.5 Å². The molecule has 0 aromatic heterocycles. The molecule has 2 aromatic carbocycles. The van der Waals surface area contributed by atoms with E-state index in [1.165, 1.54) is 11.1 Å². The molecule has 1 aliphatic carbocycles. The van der Waals surface area contributed by atoms with E-state index in [-0.39, 0.29) is 6.04 Å². The molecule has 1 aliphatic heterocycles. The van der Waals surface area contributed by atoms with Crippen LogP contribution < -0.4 is 4.31 Å². The summed E-state index contributed by atoms with van der Waals surface area (Å²) in [5.74, 6) is 0. The second-order valence-electron chi connectivity index (χ2n) is 6.60. The summed E-state index contributed by atoms with van der Waals surface area (Å²) >= 11 is 0. The molecule has 0 fully saturated rings. The van der Waals surface area contributed by atoms with E-state index in [0.29, 0.717) is 4.90 Å². The first-order valence-electron chi connectivity index (χ1n) is 8.31. The zero-order valence-electron chi connectivity index (χ0n) is 13.3. The van der Waals surface area contributed by atoms with E-state index in [0.717, 1.165) is 43.4 Å². The fourth-order valence-corrected chi connectivity index (χ4v) is 5.62. The van der Waals surface area contributed by atoms with Crippen molar-refractivity contribution in [2.24, 2.45) is 0 Å². The smallest absolute Gasteiger partial charge is 0.263 e. The molecule has 2 aromatic rings. The summed E-state index contributed by atoms with van der Waals surface area (Å²) in [4.78, 5) is 0.432. The summed E-state index contributed by atoms with van der Waals surface area (Å²) in [6.45, 7) is 2.00. The van der Waals surface area contributed by atoms with Gasteiger partial charge < -0.3 is 0 Å². The normalized spacial score (nSPS) is 20.2. The van der Waals surface area contributed by atoms with Crippen molar-refractivity contribution >= 4 is 15.7 Å². The van der Waals surface area contributed by atoms with E-state index in [4.69, 9.17) is 0 Å². The van der Waals surface area contributed by atoms with Crippen LogP contribution in [-0.2, 0) is 29.3 Å². The van der Waals surface area contributed by atoms with Gasteiger partial charge in [-0.3, -0.25) is 4.31 Å². The van der Waals surface area contributed by atoms with Gasteiger partial charge in [-0.25, -0.2) is 8.42 Å². The van der Waals surface area contributed by atoms with Crippen molar-refractivity contribution in [3.63, 3.8) is 0 Å². The van der Waals surface area contributed by atoms with Crippen LogP contribution in [0.1, 0.15) is 36.5 Å². The first kappa shape index (κ1) is 14.8. The van der Waals surface area contributed by atoms with Crippen molar-refractivity contribution in [1.82, 2.24) is 0 Å². The van der Waals surface area contributed by atoms with Crippen LogP contribution in [0.2, 0.25) is 0 Å². The zero-order chi connectivity index (χ0) is 16.0. The van der Waals surface area contributed by atoms with Gasteiger partial charge >= 0.3 is 0 Å². The SMILES string of the molecule is C[C@H]1CCc2ccccc2N1S(=O)(=O)c1ccc2c(c1)CCC2. The quantitative estimate of drug-likeness (QED) is 0.843. The highest BCUT2D eigenvalue weighted by Crippen LogP contribution is 2.36. The van der Waals surface area contributed by atoms with Crippen LogP contribution in [0, 0.1) is 0 Å². The Morgan fingerprint density at radius 2 is 1.74 bits per heavy atom. The predicted molar refractivity (Wildman–Crippen MR) is 92.4 cm³/mol. The first-order valence-corrected chi connectivity index (χ1v) is 9.75. The van der Waals surface area contributed by atoms with E-state index < -0.39 is 10.0 Å². The fraction of sp³-hybridized carbons (Fsp3) is 0.368. The molecule has 0 unspecified atom stereocenters. The molecule has 23 heavy (non-hydrogen) atoms. The van der Waals surface area contributed by atoms with Crippen LogP contribution in [0.15, 0.2) is 47.4 Å². The monoisotopic (exact) mass is 327 g/mol. The van der Waals surface area contributed by atoms with E-state index in [9.17, 15) is 8.42 Å². The van der Waals surface area contributed by atoms with Gasteiger partial charge in [0.25, 0.3) is 10.0 Å². The Balaban J connectivity index is 1.82. The highest BCUT2D eigenvalue weighted by molar-refractivity contribution is 7.92. The zero-order valence-corrected chi connectivity index (χ0v) is 14.1. The van der Waals surface area contributed by atoms with Gasteiger partial charge in [0.15, 0.2) is 0 Å². The van der Waals surface area contributed by atoms with Gasteiger partial charge in [0.05, 0.1) is 10.6 Å². The third-order valence-electron chi connectivity index (χ3n) is 5.09. The number of hydrogen-bond acceptors (Lipinski definition) is 2. The summed E-state index contributed by atoms with van der Waals surface area (Å²) in [7, 11) is -3.51. The molecule has 0 bridgehead atoms. The number of anilines is 1. The second-order valence-corrected chi connectivity index (χ2v) is 8.42. The molecule has 0 saturated carbocycles. The molecular formula is C19H21NO2S. The molecule has 0 radical (unpaired) electrons. The van der Waals surface area contributed by atoms with Crippen molar-refractivity contribution in [1.29, 1.82) is 0 Å². The second kappa shape index (κ2) is 5.38. The van der Waals surface area contributed by atoms with Crippen molar-refractivity contribution < 1.29 is 8.42 Å².